The quantitative estimate of drug-likeness (QED) is 0.570. The minimum absolute atomic E-state index is 0.176. The Labute approximate surface area is 119 Å². The molecule has 0 radical (unpaired) electrons. The van der Waals surface area contributed by atoms with Crippen molar-refractivity contribution < 1.29 is 20.0 Å². The van der Waals surface area contributed by atoms with Crippen molar-refractivity contribution in [3.05, 3.63) is 64.2 Å². The molecule has 0 saturated heterocycles. The summed E-state index contributed by atoms with van der Waals surface area (Å²) in [5, 5.41) is 29.5. The van der Waals surface area contributed by atoms with E-state index >= 15 is 0 Å². The number of nitrogens with zero attached hydrogens (tertiary/aromatic N) is 2. The van der Waals surface area contributed by atoms with Crippen LogP contribution < -0.4 is 10.5 Å². The van der Waals surface area contributed by atoms with Gasteiger partial charge in [0.1, 0.15) is 5.75 Å². The van der Waals surface area contributed by atoms with Gasteiger partial charge in [0.25, 0.3) is 0 Å². The minimum atomic E-state index is -1.25. The first kappa shape index (κ1) is 14.1. The third-order valence-corrected chi connectivity index (χ3v) is 2.62. The van der Waals surface area contributed by atoms with E-state index in [9.17, 15) is 20.0 Å². The number of carbonyl (C=O) groups is 1. The van der Waals surface area contributed by atoms with Gasteiger partial charge < -0.3 is 10.2 Å². The fraction of sp³-hybridized carbons (Fsp3) is 0. The van der Waals surface area contributed by atoms with Gasteiger partial charge in [-0.1, -0.05) is 18.2 Å². The lowest BCUT2D eigenvalue weighted by Gasteiger charge is -2.17. The van der Waals surface area contributed by atoms with Crippen molar-refractivity contribution in [2.24, 2.45) is 0 Å². The molecule has 8 nitrogen and oxygen atoms in total. The second-order valence-corrected chi connectivity index (χ2v) is 4.04. The summed E-state index contributed by atoms with van der Waals surface area (Å²) in [7, 11) is 0. The predicted molar refractivity (Wildman–Crippen MR) is 74.6 cm³/mol. The van der Waals surface area contributed by atoms with Crippen molar-refractivity contribution in [3.63, 3.8) is 0 Å². The normalized spacial score (nSPS) is 9.90. The predicted octanol–water partition coefficient (Wildman–Crippen LogP) is 2.12. The molecular weight excluding hydrogens is 278 g/mol. The van der Waals surface area contributed by atoms with Crippen LogP contribution in [-0.2, 0) is 0 Å². The first-order chi connectivity index (χ1) is 9.99. The van der Waals surface area contributed by atoms with Crippen LogP contribution >= 0.6 is 0 Å². The van der Waals surface area contributed by atoms with Crippen molar-refractivity contribution in [1.82, 2.24) is 0 Å². The minimum Gasteiger partial charge on any atom is -0.505 e. The first-order valence-corrected chi connectivity index (χ1v) is 5.81. The Hall–Kier alpha value is -3.29. The lowest BCUT2D eigenvalue weighted by atomic mass is 10.2. The van der Waals surface area contributed by atoms with Gasteiger partial charge in [0, 0.05) is 5.12 Å². The van der Waals surface area contributed by atoms with E-state index in [2.05, 4.69) is 5.43 Å². The maximum atomic E-state index is 11.1. The zero-order chi connectivity index (χ0) is 15.4. The van der Waals surface area contributed by atoms with Gasteiger partial charge >= 0.3 is 5.97 Å². The number of hydrogen-bond acceptors (Lipinski definition) is 5. The van der Waals surface area contributed by atoms with E-state index in [0.717, 1.165) is 18.2 Å². The molecule has 0 aliphatic heterocycles. The number of benzene rings is 2. The third kappa shape index (κ3) is 3.18. The molecule has 0 atom stereocenters. The lowest BCUT2D eigenvalue weighted by Crippen LogP contribution is -2.35. The Morgan fingerprint density at radius 1 is 1.19 bits per heavy atom. The molecule has 3 N–H and O–H groups in total. The van der Waals surface area contributed by atoms with E-state index in [-0.39, 0.29) is 11.3 Å². The highest BCUT2D eigenvalue weighted by atomic mass is 16.7. The number of anilines is 2. The number of carboxylic acids is 1. The van der Waals surface area contributed by atoms with Gasteiger partial charge in [-0.15, -0.1) is 0 Å². The molecule has 0 unspecified atom stereocenters. The zero-order valence-corrected chi connectivity index (χ0v) is 10.6. The van der Waals surface area contributed by atoms with Crippen molar-refractivity contribution in [2.45, 2.75) is 0 Å². The summed E-state index contributed by atoms with van der Waals surface area (Å²) in [6.07, 6.45) is 0. The number of carboxylic acid groups (broad SMARTS) is 1. The third-order valence-electron chi connectivity index (χ3n) is 2.62. The van der Waals surface area contributed by atoms with Crippen molar-refractivity contribution in [2.75, 3.05) is 10.5 Å². The molecule has 21 heavy (non-hydrogen) atoms. The molecule has 0 aliphatic rings. The van der Waals surface area contributed by atoms with Crippen LogP contribution in [0.15, 0.2) is 48.5 Å². The standard InChI is InChI=1S/C13H11N3O5/c17-12-7-6-9(13(18)19)8-11(12)15(16(20)21)14-10-4-2-1-3-5-10/h1-8,14,17H,(H,18,19). The molecule has 0 aromatic heterocycles. The molecule has 0 amide bonds. The van der Waals surface area contributed by atoms with E-state index in [4.69, 9.17) is 5.11 Å². The molecule has 0 bridgehead atoms. The second-order valence-electron chi connectivity index (χ2n) is 4.04. The topological polar surface area (TPSA) is 116 Å². The van der Waals surface area contributed by atoms with E-state index in [1.807, 2.05) is 0 Å². The van der Waals surface area contributed by atoms with E-state index < -0.39 is 16.8 Å². The summed E-state index contributed by atoms with van der Waals surface area (Å²) in [5.41, 5.74) is 2.44. The summed E-state index contributed by atoms with van der Waals surface area (Å²) in [4.78, 5) is 22.1. The van der Waals surface area contributed by atoms with Gasteiger partial charge in [0.2, 0.25) is 0 Å². The Bertz CT molecular complexity index is 675. The number of aromatic hydroxyl groups is 1. The van der Waals surface area contributed by atoms with Gasteiger partial charge in [-0.3, -0.25) is 0 Å². The number of para-hydroxylation sites is 1. The monoisotopic (exact) mass is 289 g/mol. The highest BCUT2D eigenvalue weighted by Crippen LogP contribution is 2.28. The van der Waals surface area contributed by atoms with Crippen molar-refractivity contribution in [3.8, 4) is 5.75 Å². The summed E-state index contributed by atoms with van der Waals surface area (Å²) in [6.45, 7) is 0. The van der Waals surface area contributed by atoms with Crippen molar-refractivity contribution in [1.29, 1.82) is 0 Å². The number of hydrogen-bond donors (Lipinski definition) is 3. The number of nitrogens with one attached hydrogen (secondary N) is 1. The highest BCUT2D eigenvalue weighted by Gasteiger charge is 2.23. The van der Waals surface area contributed by atoms with Crippen LogP contribution in [0.4, 0.5) is 11.4 Å². The van der Waals surface area contributed by atoms with Crippen LogP contribution in [0.5, 0.6) is 5.75 Å². The molecule has 0 spiro atoms. The SMILES string of the molecule is O=C(O)c1ccc(O)c(N(Nc2ccccc2)[N+](=O)[O-])c1. The highest BCUT2D eigenvalue weighted by molar-refractivity contribution is 5.89. The fourth-order valence-electron chi connectivity index (χ4n) is 1.65. The Morgan fingerprint density at radius 3 is 2.43 bits per heavy atom. The zero-order valence-electron chi connectivity index (χ0n) is 10.6. The molecule has 2 rings (SSSR count). The largest absolute Gasteiger partial charge is 0.505 e. The molecule has 2 aromatic rings. The molecule has 8 heteroatoms. The van der Waals surface area contributed by atoms with Gasteiger partial charge in [0.05, 0.1) is 11.3 Å². The van der Waals surface area contributed by atoms with E-state index in [1.165, 1.54) is 0 Å². The summed E-state index contributed by atoms with van der Waals surface area (Å²) in [6, 6.07) is 11.5. The number of hydrazine groups is 2. The number of aromatic carboxylic acids is 1. The van der Waals surface area contributed by atoms with Crippen LogP contribution in [0.25, 0.3) is 0 Å². The van der Waals surface area contributed by atoms with Crippen LogP contribution in [-0.4, -0.2) is 21.2 Å². The number of rotatable bonds is 5. The summed E-state index contributed by atoms with van der Waals surface area (Å²) in [5.74, 6) is -1.67. The van der Waals surface area contributed by atoms with Crippen LogP contribution in [0.2, 0.25) is 0 Å². The fourth-order valence-corrected chi connectivity index (χ4v) is 1.65. The van der Waals surface area contributed by atoms with Gasteiger partial charge in [0.15, 0.2) is 10.7 Å². The number of phenols is 1. The molecule has 0 fully saturated rings. The number of nitro groups is 1. The second kappa shape index (κ2) is 5.78. The molecule has 0 saturated carbocycles. The smallest absolute Gasteiger partial charge is 0.335 e. The summed E-state index contributed by atoms with van der Waals surface area (Å²) >= 11 is 0. The average Bonchev–Trinajstić information content (AvgIpc) is 2.46. The number of phenolic OH excluding ortho intramolecular Hbond substituents is 1. The molecule has 0 heterocycles. The van der Waals surface area contributed by atoms with E-state index in [1.54, 1.807) is 30.3 Å². The maximum Gasteiger partial charge on any atom is 0.335 e. The Balaban J connectivity index is 2.41. The van der Waals surface area contributed by atoms with Crippen LogP contribution in [0.3, 0.4) is 0 Å². The first-order valence-electron chi connectivity index (χ1n) is 5.81. The molecular formula is C13H11N3O5. The average molecular weight is 289 g/mol. The summed E-state index contributed by atoms with van der Waals surface area (Å²) < 4.78 is 0. The Kier molecular flexibility index (Phi) is 3.89. The van der Waals surface area contributed by atoms with E-state index in [0.29, 0.717) is 10.8 Å². The van der Waals surface area contributed by atoms with Crippen LogP contribution in [0, 0.1) is 10.1 Å². The Morgan fingerprint density at radius 2 is 1.86 bits per heavy atom. The molecule has 108 valence electrons. The lowest BCUT2D eigenvalue weighted by molar-refractivity contribution is -0.490. The molecule has 2 aromatic carbocycles. The van der Waals surface area contributed by atoms with Crippen molar-refractivity contribution >= 4 is 17.3 Å². The van der Waals surface area contributed by atoms with Crippen LogP contribution in [0.1, 0.15) is 10.4 Å². The maximum absolute atomic E-state index is 11.1. The van der Waals surface area contributed by atoms with Gasteiger partial charge in [-0.25, -0.2) is 20.3 Å². The molecule has 0 aliphatic carbocycles. The van der Waals surface area contributed by atoms with Gasteiger partial charge in [-0.2, -0.15) is 0 Å². The van der Waals surface area contributed by atoms with Gasteiger partial charge in [-0.05, 0) is 30.3 Å².